The van der Waals surface area contributed by atoms with E-state index in [0.717, 1.165) is 0 Å². The number of methoxy groups -OCH3 is 3. The summed E-state index contributed by atoms with van der Waals surface area (Å²) in [5, 5.41) is 0. The summed E-state index contributed by atoms with van der Waals surface area (Å²) in [4.78, 5) is 11.3. The minimum atomic E-state index is -1.40. The van der Waals surface area contributed by atoms with Crippen LogP contribution in [0.5, 0.6) is 0 Å². The summed E-state index contributed by atoms with van der Waals surface area (Å²) in [6.45, 7) is 3.66. The standard InChI is InChI=1S/C14H21ClO6/c1-11(2)8-6-12(15)9(16)7-20-14(19-5,21-11)10(8)13(12,17-3)18-4/h8,10H,6-7H2,1-5H3. The fourth-order valence-electron chi connectivity index (χ4n) is 4.30. The summed E-state index contributed by atoms with van der Waals surface area (Å²) in [7, 11) is 4.44. The summed E-state index contributed by atoms with van der Waals surface area (Å²) < 4.78 is 28.6. The number of halogens is 1. The van der Waals surface area contributed by atoms with E-state index in [1.54, 1.807) is 0 Å². The van der Waals surface area contributed by atoms with E-state index in [2.05, 4.69) is 0 Å². The fraction of sp³-hybridized carbons (Fsp3) is 0.929. The summed E-state index contributed by atoms with van der Waals surface area (Å²) in [5.41, 5.74) is -0.579. The third kappa shape index (κ3) is 1.58. The van der Waals surface area contributed by atoms with Crippen molar-refractivity contribution in [1.82, 2.24) is 0 Å². The van der Waals surface area contributed by atoms with Crippen molar-refractivity contribution in [3.8, 4) is 0 Å². The summed E-state index contributed by atoms with van der Waals surface area (Å²) in [6, 6.07) is 0. The minimum Gasteiger partial charge on any atom is -0.351 e. The molecule has 0 N–H and O–H groups in total. The van der Waals surface area contributed by atoms with Crippen LogP contribution in [0.1, 0.15) is 20.3 Å². The molecular formula is C14H21ClO6. The highest BCUT2D eigenvalue weighted by atomic mass is 35.5. The first-order valence-electron chi connectivity index (χ1n) is 6.95. The number of carbonyl (C=O) groups is 1. The highest BCUT2D eigenvalue weighted by molar-refractivity contribution is 6.36. The maximum atomic E-state index is 12.6. The van der Waals surface area contributed by atoms with Crippen molar-refractivity contribution in [2.24, 2.45) is 11.8 Å². The molecule has 3 aliphatic rings. The van der Waals surface area contributed by atoms with Gasteiger partial charge in [-0.2, -0.15) is 0 Å². The predicted molar refractivity (Wildman–Crippen MR) is 72.8 cm³/mol. The number of fused-ring (bicyclic) bond motifs is 1. The van der Waals surface area contributed by atoms with Crippen molar-refractivity contribution >= 4 is 17.4 Å². The number of rotatable bonds is 3. The topological polar surface area (TPSA) is 63.2 Å². The molecule has 2 bridgehead atoms. The molecule has 2 aliphatic heterocycles. The molecule has 0 spiro atoms. The van der Waals surface area contributed by atoms with Crippen LogP contribution < -0.4 is 0 Å². The number of ketones is 1. The lowest BCUT2D eigenvalue weighted by atomic mass is 9.83. The van der Waals surface area contributed by atoms with Crippen molar-refractivity contribution < 1.29 is 28.5 Å². The Kier molecular flexibility index (Phi) is 3.28. The van der Waals surface area contributed by atoms with E-state index < -0.39 is 28.2 Å². The van der Waals surface area contributed by atoms with Crippen LogP contribution in [-0.2, 0) is 28.5 Å². The van der Waals surface area contributed by atoms with Gasteiger partial charge >= 0.3 is 0 Å². The fourth-order valence-corrected chi connectivity index (χ4v) is 4.80. The lowest BCUT2D eigenvalue weighted by Crippen LogP contribution is -2.60. The average molecular weight is 321 g/mol. The van der Waals surface area contributed by atoms with Crippen LogP contribution in [0.3, 0.4) is 0 Å². The molecule has 120 valence electrons. The molecule has 1 saturated carbocycles. The number of alkyl halides is 1. The number of ether oxygens (including phenoxy) is 5. The van der Waals surface area contributed by atoms with E-state index in [1.165, 1.54) is 21.3 Å². The Hall–Kier alpha value is -0.240. The first kappa shape index (κ1) is 15.6. The molecule has 2 heterocycles. The minimum absolute atomic E-state index is 0.0981. The van der Waals surface area contributed by atoms with Gasteiger partial charge in [-0.15, -0.1) is 11.6 Å². The molecule has 0 aromatic carbocycles. The van der Waals surface area contributed by atoms with Crippen molar-refractivity contribution in [3.05, 3.63) is 0 Å². The van der Waals surface area contributed by atoms with Gasteiger partial charge in [0, 0.05) is 27.2 Å². The monoisotopic (exact) mass is 320 g/mol. The zero-order valence-corrected chi connectivity index (χ0v) is 13.7. The second kappa shape index (κ2) is 4.40. The second-order valence-corrected chi connectivity index (χ2v) is 7.04. The predicted octanol–water partition coefficient (Wildman–Crippen LogP) is 1.30. The highest BCUT2D eigenvalue weighted by Crippen LogP contribution is 2.67. The molecule has 4 unspecified atom stereocenters. The Balaban J connectivity index is 2.26. The van der Waals surface area contributed by atoms with Crippen molar-refractivity contribution in [2.45, 2.75) is 42.5 Å². The molecule has 3 rings (SSSR count). The molecule has 4 atom stereocenters. The summed E-state index contributed by atoms with van der Waals surface area (Å²) >= 11 is 6.73. The van der Waals surface area contributed by atoms with Gasteiger partial charge in [-0.1, -0.05) is 0 Å². The third-order valence-electron chi connectivity index (χ3n) is 5.28. The molecule has 1 aliphatic carbocycles. The van der Waals surface area contributed by atoms with Gasteiger partial charge in [0.15, 0.2) is 10.7 Å². The van der Waals surface area contributed by atoms with Crippen LogP contribution in [0.4, 0.5) is 0 Å². The number of hydrogen-bond donors (Lipinski definition) is 0. The van der Waals surface area contributed by atoms with Gasteiger partial charge in [0.05, 0.1) is 5.60 Å². The average Bonchev–Trinajstić information content (AvgIpc) is 2.83. The van der Waals surface area contributed by atoms with Crippen LogP contribution in [0.2, 0.25) is 0 Å². The van der Waals surface area contributed by atoms with E-state index in [4.69, 9.17) is 35.3 Å². The van der Waals surface area contributed by atoms with Gasteiger partial charge in [-0.05, 0) is 20.3 Å². The molecular weight excluding hydrogens is 300 g/mol. The molecule has 6 nitrogen and oxygen atoms in total. The van der Waals surface area contributed by atoms with Gasteiger partial charge in [-0.3, -0.25) is 4.79 Å². The summed E-state index contributed by atoms with van der Waals surface area (Å²) in [5.74, 6) is -3.59. The van der Waals surface area contributed by atoms with Crippen LogP contribution in [0.25, 0.3) is 0 Å². The van der Waals surface area contributed by atoms with Gasteiger partial charge in [0.1, 0.15) is 12.5 Å². The van der Waals surface area contributed by atoms with Gasteiger partial charge < -0.3 is 23.7 Å². The maximum Gasteiger partial charge on any atom is 0.292 e. The number of carbonyl (C=O) groups excluding carboxylic acids is 1. The quantitative estimate of drug-likeness (QED) is 0.577. The van der Waals surface area contributed by atoms with E-state index >= 15 is 0 Å². The Morgan fingerprint density at radius 1 is 1.19 bits per heavy atom. The molecule has 7 heteroatoms. The first-order valence-corrected chi connectivity index (χ1v) is 7.32. The molecule has 0 radical (unpaired) electrons. The first-order chi connectivity index (χ1) is 9.73. The SMILES string of the molecule is COC12OCC(=O)C3(Cl)CC(C1C3(OC)OC)C(C)(C)O2. The Morgan fingerprint density at radius 2 is 1.81 bits per heavy atom. The zero-order valence-electron chi connectivity index (χ0n) is 12.9. The molecule has 21 heavy (non-hydrogen) atoms. The number of hydrogen-bond acceptors (Lipinski definition) is 6. The Bertz CT molecular complexity index is 476. The van der Waals surface area contributed by atoms with E-state index in [0.29, 0.717) is 6.42 Å². The Labute approximate surface area is 128 Å². The van der Waals surface area contributed by atoms with Crippen LogP contribution in [0.15, 0.2) is 0 Å². The van der Waals surface area contributed by atoms with Crippen molar-refractivity contribution in [2.75, 3.05) is 27.9 Å². The van der Waals surface area contributed by atoms with Gasteiger partial charge in [0.2, 0.25) is 5.79 Å². The van der Waals surface area contributed by atoms with Crippen LogP contribution in [0, 0.1) is 11.8 Å². The molecule has 3 fully saturated rings. The van der Waals surface area contributed by atoms with E-state index in [1.807, 2.05) is 13.8 Å². The smallest absolute Gasteiger partial charge is 0.292 e. The second-order valence-electron chi connectivity index (χ2n) is 6.39. The summed E-state index contributed by atoms with van der Waals surface area (Å²) in [6.07, 6.45) is 0.390. The van der Waals surface area contributed by atoms with Crippen LogP contribution >= 0.6 is 11.6 Å². The van der Waals surface area contributed by atoms with Crippen molar-refractivity contribution in [1.29, 1.82) is 0 Å². The Morgan fingerprint density at radius 3 is 2.33 bits per heavy atom. The van der Waals surface area contributed by atoms with Gasteiger partial charge in [-0.25, -0.2) is 0 Å². The van der Waals surface area contributed by atoms with Crippen LogP contribution in [-0.4, -0.2) is 56.0 Å². The van der Waals surface area contributed by atoms with Gasteiger partial charge in [0.25, 0.3) is 5.97 Å². The number of Topliss-reactive ketones (excluding diaryl/α,β-unsaturated/α-hetero) is 1. The highest BCUT2D eigenvalue weighted by Gasteiger charge is 2.82. The largest absolute Gasteiger partial charge is 0.351 e. The molecule has 2 saturated heterocycles. The lowest BCUT2D eigenvalue weighted by molar-refractivity contribution is -0.410. The molecule has 0 aromatic rings. The third-order valence-corrected chi connectivity index (χ3v) is 5.91. The van der Waals surface area contributed by atoms with E-state index in [9.17, 15) is 4.79 Å². The van der Waals surface area contributed by atoms with E-state index in [-0.39, 0.29) is 18.3 Å². The normalized spacial score (nSPS) is 46.7. The lowest BCUT2D eigenvalue weighted by Gasteiger charge is -2.42. The zero-order chi connectivity index (χ0) is 15.7. The molecule has 0 amide bonds. The molecule has 0 aromatic heterocycles. The maximum absolute atomic E-state index is 12.6. The van der Waals surface area contributed by atoms with Crippen molar-refractivity contribution in [3.63, 3.8) is 0 Å².